The van der Waals surface area contributed by atoms with E-state index in [1.165, 1.54) is 12.1 Å². The van der Waals surface area contributed by atoms with Gasteiger partial charge in [-0.25, -0.2) is 4.98 Å². The fourth-order valence-corrected chi connectivity index (χ4v) is 1.90. The van der Waals surface area contributed by atoms with Gasteiger partial charge >= 0.3 is 0 Å². The molecule has 0 N–H and O–H groups in total. The van der Waals surface area contributed by atoms with Gasteiger partial charge in [-0.2, -0.15) is 0 Å². The number of aromatic nitrogens is 1. The van der Waals surface area contributed by atoms with Gasteiger partial charge in [0.1, 0.15) is 4.60 Å². The summed E-state index contributed by atoms with van der Waals surface area (Å²) in [5.41, 5.74) is -0.0387. The fourth-order valence-electron chi connectivity index (χ4n) is 1.24. The number of nitro benzene ring substituents is 1. The van der Waals surface area contributed by atoms with Gasteiger partial charge in [-0.1, -0.05) is 6.07 Å². The average Bonchev–Trinajstić information content (AvgIpc) is 2.31. The molecule has 1 heterocycles. The average molecular weight is 374 g/mol. The number of hydrogen-bond donors (Lipinski definition) is 0. The smallest absolute Gasteiger partial charge is 0.273 e. The molecule has 0 amide bonds. The third kappa shape index (κ3) is 3.05. The molecule has 0 spiro atoms. The van der Waals surface area contributed by atoms with Crippen molar-refractivity contribution in [1.29, 1.82) is 0 Å². The maximum Gasteiger partial charge on any atom is 0.273 e. The van der Waals surface area contributed by atoms with Crippen molar-refractivity contribution >= 4 is 37.5 Å². The third-order valence-corrected chi connectivity index (χ3v) is 3.13. The molecule has 0 saturated heterocycles. The first-order chi connectivity index (χ1) is 8.56. The topological polar surface area (TPSA) is 65.3 Å². The molecule has 18 heavy (non-hydrogen) atoms. The summed E-state index contributed by atoms with van der Waals surface area (Å²) in [6, 6.07) is 9.48. The molecular formula is C11H6Br2N2O3. The molecule has 0 fully saturated rings. The lowest BCUT2D eigenvalue weighted by atomic mass is 10.3. The van der Waals surface area contributed by atoms with E-state index in [-0.39, 0.29) is 5.69 Å². The Morgan fingerprint density at radius 3 is 2.67 bits per heavy atom. The fraction of sp³-hybridized carbons (Fsp3) is 0. The molecule has 0 aliphatic rings. The molecule has 0 aliphatic carbocycles. The van der Waals surface area contributed by atoms with Crippen LogP contribution in [0.4, 0.5) is 5.69 Å². The predicted octanol–water partition coefficient (Wildman–Crippen LogP) is 4.31. The summed E-state index contributed by atoms with van der Waals surface area (Å²) >= 11 is 6.49. The molecule has 1 aromatic carbocycles. The quantitative estimate of drug-likeness (QED) is 0.457. The van der Waals surface area contributed by atoms with Crippen molar-refractivity contribution in [1.82, 2.24) is 4.98 Å². The van der Waals surface area contributed by atoms with Crippen molar-refractivity contribution in [3.05, 3.63) is 55.6 Å². The largest absolute Gasteiger partial charge is 0.438 e. The van der Waals surface area contributed by atoms with Crippen molar-refractivity contribution in [2.24, 2.45) is 0 Å². The Morgan fingerprint density at radius 2 is 2.00 bits per heavy atom. The van der Waals surface area contributed by atoms with Crippen LogP contribution in [-0.4, -0.2) is 9.91 Å². The zero-order valence-corrected chi connectivity index (χ0v) is 12.0. The molecule has 0 atom stereocenters. The van der Waals surface area contributed by atoms with Crippen LogP contribution in [0.25, 0.3) is 0 Å². The minimum absolute atomic E-state index is 0.0387. The van der Waals surface area contributed by atoms with Crippen molar-refractivity contribution in [2.45, 2.75) is 0 Å². The van der Waals surface area contributed by atoms with E-state index >= 15 is 0 Å². The summed E-state index contributed by atoms with van der Waals surface area (Å²) in [4.78, 5) is 14.3. The van der Waals surface area contributed by atoms with Crippen molar-refractivity contribution in [3.8, 4) is 11.6 Å². The van der Waals surface area contributed by atoms with Gasteiger partial charge in [-0.15, -0.1) is 0 Å². The lowest BCUT2D eigenvalue weighted by Crippen LogP contribution is -1.92. The van der Waals surface area contributed by atoms with Crippen LogP contribution in [0.15, 0.2) is 45.5 Å². The Hall–Kier alpha value is -1.47. The van der Waals surface area contributed by atoms with Gasteiger partial charge in [-0.05, 0) is 44.0 Å². The van der Waals surface area contributed by atoms with Crippen LogP contribution in [0.3, 0.4) is 0 Å². The summed E-state index contributed by atoms with van der Waals surface area (Å²) in [5.74, 6) is 0.695. The number of rotatable bonds is 3. The zero-order valence-electron chi connectivity index (χ0n) is 8.84. The van der Waals surface area contributed by atoms with Gasteiger partial charge in [0, 0.05) is 12.1 Å². The first-order valence-electron chi connectivity index (χ1n) is 4.80. The van der Waals surface area contributed by atoms with Crippen molar-refractivity contribution in [2.75, 3.05) is 0 Å². The third-order valence-electron chi connectivity index (χ3n) is 2.03. The van der Waals surface area contributed by atoms with E-state index in [1.54, 1.807) is 24.3 Å². The number of ether oxygens (including phenoxy) is 1. The predicted molar refractivity (Wildman–Crippen MR) is 72.8 cm³/mol. The Balaban J connectivity index is 2.33. The standard InChI is InChI=1S/C11H6Br2N2O3/c12-8-5-4-7(15(16)17)6-9(8)18-11-3-1-2-10(13)14-11/h1-6H. The molecule has 2 rings (SSSR count). The highest BCUT2D eigenvalue weighted by atomic mass is 79.9. The van der Waals surface area contributed by atoms with E-state index in [2.05, 4.69) is 36.8 Å². The van der Waals surface area contributed by atoms with Gasteiger partial charge < -0.3 is 4.74 Å². The lowest BCUT2D eigenvalue weighted by molar-refractivity contribution is -0.384. The van der Waals surface area contributed by atoms with Gasteiger partial charge in [-0.3, -0.25) is 10.1 Å². The van der Waals surface area contributed by atoms with Gasteiger partial charge in [0.2, 0.25) is 5.88 Å². The SMILES string of the molecule is O=[N+]([O-])c1ccc(Br)c(Oc2cccc(Br)n2)c1. The highest BCUT2D eigenvalue weighted by molar-refractivity contribution is 9.10. The maximum absolute atomic E-state index is 10.7. The number of halogens is 2. The first-order valence-corrected chi connectivity index (χ1v) is 6.39. The van der Waals surface area contributed by atoms with E-state index < -0.39 is 4.92 Å². The maximum atomic E-state index is 10.7. The summed E-state index contributed by atoms with van der Waals surface area (Å²) in [6.45, 7) is 0. The summed E-state index contributed by atoms with van der Waals surface area (Å²) in [6.07, 6.45) is 0. The molecule has 2 aromatic rings. The van der Waals surface area contributed by atoms with Crippen LogP contribution in [0, 0.1) is 10.1 Å². The van der Waals surface area contributed by atoms with Crippen LogP contribution >= 0.6 is 31.9 Å². The molecule has 0 saturated carbocycles. The van der Waals surface area contributed by atoms with Crippen LogP contribution in [-0.2, 0) is 0 Å². The van der Waals surface area contributed by atoms with E-state index in [1.807, 2.05) is 0 Å². The van der Waals surface area contributed by atoms with Crippen molar-refractivity contribution < 1.29 is 9.66 Å². The number of benzene rings is 1. The zero-order chi connectivity index (χ0) is 13.1. The van der Waals surface area contributed by atoms with Gasteiger partial charge in [0.25, 0.3) is 5.69 Å². The molecule has 0 radical (unpaired) electrons. The summed E-state index contributed by atoms with van der Waals surface area (Å²) < 4.78 is 6.74. The second-order valence-electron chi connectivity index (χ2n) is 3.27. The summed E-state index contributed by atoms with van der Waals surface area (Å²) in [7, 11) is 0. The van der Waals surface area contributed by atoms with Crippen LogP contribution in [0.1, 0.15) is 0 Å². The van der Waals surface area contributed by atoms with E-state index in [0.29, 0.717) is 20.7 Å². The van der Waals surface area contributed by atoms with Crippen molar-refractivity contribution in [3.63, 3.8) is 0 Å². The number of hydrogen-bond acceptors (Lipinski definition) is 4. The second-order valence-corrected chi connectivity index (χ2v) is 4.94. The summed E-state index contributed by atoms with van der Waals surface area (Å²) in [5, 5.41) is 10.7. The first kappa shape index (κ1) is 13.0. The minimum Gasteiger partial charge on any atom is -0.438 e. The second kappa shape index (κ2) is 5.45. The van der Waals surface area contributed by atoms with E-state index in [9.17, 15) is 10.1 Å². The minimum atomic E-state index is -0.479. The highest BCUT2D eigenvalue weighted by Crippen LogP contribution is 2.32. The van der Waals surface area contributed by atoms with Gasteiger partial charge in [0.05, 0.1) is 15.5 Å². The molecule has 7 heteroatoms. The number of pyridine rings is 1. The molecule has 92 valence electrons. The Morgan fingerprint density at radius 1 is 1.22 bits per heavy atom. The molecule has 0 aliphatic heterocycles. The molecular weight excluding hydrogens is 368 g/mol. The van der Waals surface area contributed by atoms with Crippen LogP contribution in [0.5, 0.6) is 11.6 Å². The number of nitrogens with zero attached hydrogens (tertiary/aromatic N) is 2. The van der Waals surface area contributed by atoms with E-state index in [4.69, 9.17) is 4.74 Å². The molecule has 1 aromatic heterocycles. The molecule has 0 unspecified atom stereocenters. The van der Waals surface area contributed by atoms with Crippen LogP contribution in [0.2, 0.25) is 0 Å². The Kier molecular flexibility index (Phi) is 3.93. The normalized spacial score (nSPS) is 10.1. The monoisotopic (exact) mass is 372 g/mol. The molecule has 5 nitrogen and oxygen atoms in total. The number of non-ortho nitro benzene ring substituents is 1. The molecule has 0 bridgehead atoms. The van der Waals surface area contributed by atoms with Crippen LogP contribution < -0.4 is 4.74 Å². The Labute approximate surface area is 119 Å². The Bertz CT molecular complexity index is 605. The number of nitro groups is 1. The van der Waals surface area contributed by atoms with Gasteiger partial charge in [0.15, 0.2) is 5.75 Å². The highest BCUT2D eigenvalue weighted by Gasteiger charge is 2.11. The van der Waals surface area contributed by atoms with E-state index in [0.717, 1.165) is 0 Å². The lowest BCUT2D eigenvalue weighted by Gasteiger charge is -2.06.